The molecule has 1 aromatic rings. The highest BCUT2D eigenvalue weighted by atomic mass is 16.2. The van der Waals surface area contributed by atoms with E-state index in [0.29, 0.717) is 0 Å². The summed E-state index contributed by atoms with van der Waals surface area (Å²) in [5.41, 5.74) is 6.94. The van der Waals surface area contributed by atoms with Gasteiger partial charge in [0.25, 0.3) is 0 Å². The van der Waals surface area contributed by atoms with Crippen LogP contribution < -0.4 is 5.73 Å². The van der Waals surface area contributed by atoms with Gasteiger partial charge in [0.2, 0.25) is 5.91 Å². The zero-order chi connectivity index (χ0) is 13.0. The van der Waals surface area contributed by atoms with Crippen LogP contribution in [0.25, 0.3) is 0 Å². The molecule has 1 rings (SSSR count). The van der Waals surface area contributed by atoms with Gasteiger partial charge >= 0.3 is 0 Å². The van der Waals surface area contributed by atoms with E-state index in [1.807, 2.05) is 32.9 Å². The average Bonchev–Trinajstić information content (AvgIpc) is 2.36. The van der Waals surface area contributed by atoms with Gasteiger partial charge in [-0.05, 0) is 30.5 Å². The largest absolute Gasteiger partial charge is 0.338 e. The van der Waals surface area contributed by atoms with Crippen LogP contribution in [0.5, 0.6) is 0 Å². The first-order chi connectivity index (χ1) is 7.95. The van der Waals surface area contributed by atoms with Crippen molar-refractivity contribution in [1.82, 2.24) is 9.88 Å². The third-order valence-electron chi connectivity index (χ3n) is 3.12. The number of rotatable bonds is 4. The van der Waals surface area contributed by atoms with E-state index in [4.69, 9.17) is 5.73 Å². The van der Waals surface area contributed by atoms with Crippen LogP contribution in [0.3, 0.4) is 0 Å². The molecule has 0 saturated carbocycles. The summed E-state index contributed by atoms with van der Waals surface area (Å²) in [6.07, 6.45) is 3.46. The molecule has 17 heavy (non-hydrogen) atoms. The lowest BCUT2D eigenvalue weighted by molar-refractivity contribution is -0.134. The third kappa shape index (κ3) is 3.27. The van der Waals surface area contributed by atoms with Crippen LogP contribution in [0.4, 0.5) is 0 Å². The van der Waals surface area contributed by atoms with Crippen molar-refractivity contribution in [3.63, 3.8) is 0 Å². The van der Waals surface area contributed by atoms with E-state index in [0.717, 1.165) is 5.56 Å². The van der Waals surface area contributed by atoms with Crippen molar-refractivity contribution in [3.8, 4) is 0 Å². The van der Waals surface area contributed by atoms with Gasteiger partial charge in [-0.25, -0.2) is 0 Å². The van der Waals surface area contributed by atoms with Gasteiger partial charge in [0.15, 0.2) is 0 Å². The molecule has 2 N–H and O–H groups in total. The fourth-order valence-electron chi connectivity index (χ4n) is 1.58. The van der Waals surface area contributed by atoms with Gasteiger partial charge in [0.1, 0.15) is 0 Å². The minimum atomic E-state index is -0.440. The van der Waals surface area contributed by atoms with Gasteiger partial charge in [-0.1, -0.05) is 13.8 Å². The predicted molar refractivity (Wildman–Crippen MR) is 68.2 cm³/mol. The molecule has 0 aliphatic carbocycles. The summed E-state index contributed by atoms with van der Waals surface area (Å²) in [5, 5.41) is 0. The van der Waals surface area contributed by atoms with Gasteiger partial charge in [-0.2, -0.15) is 0 Å². The van der Waals surface area contributed by atoms with Crippen LogP contribution in [0.15, 0.2) is 24.5 Å². The molecule has 4 heteroatoms. The number of hydrogen-bond donors (Lipinski definition) is 1. The van der Waals surface area contributed by atoms with Crippen molar-refractivity contribution in [2.45, 2.75) is 32.9 Å². The van der Waals surface area contributed by atoms with Crippen molar-refractivity contribution in [3.05, 3.63) is 30.1 Å². The maximum atomic E-state index is 12.1. The Morgan fingerprint density at radius 3 is 2.29 bits per heavy atom. The first-order valence-corrected chi connectivity index (χ1v) is 5.87. The normalized spacial score (nSPS) is 14.5. The van der Waals surface area contributed by atoms with Gasteiger partial charge in [0, 0.05) is 19.4 Å². The van der Waals surface area contributed by atoms with Crippen molar-refractivity contribution < 1.29 is 4.79 Å². The number of hydrogen-bond acceptors (Lipinski definition) is 3. The Morgan fingerprint density at radius 1 is 1.29 bits per heavy atom. The molecule has 1 unspecified atom stereocenters. The minimum Gasteiger partial charge on any atom is -0.338 e. The number of likely N-dealkylation sites (N-methyl/N-ethyl adjacent to an activating group) is 1. The third-order valence-corrected chi connectivity index (χ3v) is 3.12. The monoisotopic (exact) mass is 235 g/mol. The van der Waals surface area contributed by atoms with Gasteiger partial charge in [0.05, 0.1) is 12.1 Å². The molecule has 0 aromatic carbocycles. The molecular weight excluding hydrogens is 214 g/mol. The van der Waals surface area contributed by atoms with Crippen LogP contribution >= 0.6 is 0 Å². The zero-order valence-corrected chi connectivity index (χ0v) is 10.9. The SMILES string of the molecule is CC(C)[C@H](N)C(=O)N(C)C(C)c1ccncc1. The Balaban J connectivity index is 2.77. The van der Waals surface area contributed by atoms with Crippen molar-refractivity contribution in [2.75, 3.05) is 7.05 Å². The smallest absolute Gasteiger partial charge is 0.239 e. The fourth-order valence-corrected chi connectivity index (χ4v) is 1.58. The number of aromatic nitrogens is 1. The molecule has 0 aliphatic heterocycles. The number of nitrogens with two attached hydrogens (primary N) is 1. The van der Waals surface area contributed by atoms with E-state index in [9.17, 15) is 4.79 Å². The van der Waals surface area contributed by atoms with E-state index in [1.54, 1.807) is 24.3 Å². The molecule has 0 aliphatic rings. The summed E-state index contributed by atoms with van der Waals surface area (Å²) in [4.78, 5) is 17.7. The van der Waals surface area contributed by atoms with E-state index >= 15 is 0 Å². The molecule has 0 radical (unpaired) electrons. The molecule has 2 atom stereocenters. The van der Waals surface area contributed by atoms with Crippen LogP contribution in [-0.2, 0) is 4.79 Å². The molecule has 1 aromatic heterocycles. The van der Waals surface area contributed by atoms with Gasteiger partial charge in [-0.3, -0.25) is 9.78 Å². The highest BCUT2D eigenvalue weighted by molar-refractivity contribution is 5.82. The Kier molecular flexibility index (Phi) is 4.63. The number of carbonyl (C=O) groups is 1. The van der Waals surface area contributed by atoms with Crippen LogP contribution in [0.2, 0.25) is 0 Å². The molecule has 0 fully saturated rings. The highest BCUT2D eigenvalue weighted by Gasteiger charge is 2.24. The zero-order valence-electron chi connectivity index (χ0n) is 10.9. The van der Waals surface area contributed by atoms with E-state index in [1.165, 1.54) is 0 Å². The Morgan fingerprint density at radius 2 is 1.82 bits per heavy atom. The molecule has 4 nitrogen and oxygen atoms in total. The first-order valence-electron chi connectivity index (χ1n) is 5.87. The first kappa shape index (κ1) is 13.6. The topological polar surface area (TPSA) is 59.2 Å². The molecular formula is C13H21N3O. The predicted octanol–water partition coefficient (Wildman–Crippen LogP) is 1.58. The molecule has 1 heterocycles. The molecule has 94 valence electrons. The van der Waals surface area contributed by atoms with Crippen LogP contribution in [0.1, 0.15) is 32.4 Å². The summed E-state index contributed by atoms with van der Waals surface area (Å²) in [6, 6.07) is 3.39. The average molecular weight is 235 g/mol. The second-order valence-electron chi connectivity index (χ2n) is 4.68. The van der Waals surface area contributed by atoms with E-state index in [-0.39, 0.29) is 17.9 Å². The summed E-state index contributed by atoms with van der Waals surface area (Å²) in [5.74, 6) is 0.124. The summed E-state index contributed by atoms with van der Waals surface area (Å²) in [7, 11) is 1.79. The maximum Gasteiger partial charge on any atom is 0.239 e. The summed E-state index contributed by atoms with van der Waals surface area (Å²) in [6.45, 7) is 5.89. The quantitative estimate of drug-likeness (QED) is 0.862. The van der Waals surface area contributed by atoms with Crippen molar-refractivity contribution in [1.29, 1.82) is 0 Å². The van der Waals surface area contributed by atoms with E-state index < -0.39 is 6.04 Å². The maximum absolute atomic E-state index is 12.1. The van der Waals surface area contributed by atoms with Crippen molar-refractivity contribution in [2.24, 2.45) is 11.7 Å². The van der Waals surface area contributed by atoms with Crippen molar-refractivity contribution >= 4 is 5.91 Å². The molecule has 0 spiro atoms. The Labute approximate surface area is 103 Å². The Hall–Kier alpha value is -1.42. The lowest BCUT2D eigenvalue weighted by Gasteiger charge is -2.29. The lowest BCUT2D eigenvalue weighted by Crippen LogP contribution is -2.45. The fraction of sp³-hybridized carbons (Fsp3) is 0.538. The molecule has 0 saturated heterocycles. The highest BCUT2D eigenvalue weighted by Crippen LogP contribution is 2.19. The van der Waals surface area contributed by atoms with Crippen LogP contribution in [-0.4, -0.2) is 28.9 Å². The number of carbonyl (C=O) groups excluding carboxylic acids is 1. The van der Waals surface area contributed by atoms with Crippen LogP contribution in [0, 0.1) is 5.92 Å². The standard InChI is InChI=1S/C13H21N3O/c1-9(2)12(14)13(17)16(4)10(3)11-5-7-15-8-6-11/h5-10,12H,14H2,1-4H3/t10?,12-/m0/s1. The molecule has 0 bridgehead atoms. The number of nitrogens with zero attached hydrogens (tertiary/aromatic N) is 2. The van der Waals surface area contributed by atoms with Gasteiger partial charge in [-0.15, -0.1) is 0 Å². The Bertz CT molecular complexity index is 364. The molecule has 1 amide bonds. The number of pyridine rings is 1. The second kappa shape index (κ2) is 5.77. The summed E-state index contributed by atoms with van der Waals surface area (Å²) < 4.78 is 0. The number of amides is 1. The second-order valence-corrected chi connectivity index (χ2v) is 4.68. The summed E-state index contributed by atoms with van der Waals surface area (Å²) >= 11 is 0. The van der Waals surface area contributed by atoms with Gasteiger partial charge < -0.3 is 10.6 Å². The minimum absolute atomic E-state index is 0.00954. The lowest BCUT2D eigenvalue weighted by atomic mass is 10.0. The van der Waals surface area contributed by atoms with E-state index in [2.05, 4.69) is 4.98 Å².